The number of nitrogens with one attached hydrogen (secondary N) is 1. The van der Waals surface area contributed by atoms with Crippen molar-refractivity contribution in [3.63, 3.8) is 0 Å². The maximum Gasteiger partial charge on any atom is 0.264 e. The molecule has 1 amide bonds. The van der Waals surface area contributed by atoms with Gasteiger partial charge in [0.1, 0.15) is 12.3 Å². The van der Waals surface area contributed by atoms with Crippen molar-refractivity contribution in [1.29, 1.82) is 0 Å². The molecular formula is C26H30N2O6S. The molecule has 35 heavy (non-hydrogen) atoms. The van der Waals surface area contributed by atoms with Crippen LogP contribution in [0.1, 0.15) is 24.1 Å². The van der Waals surface area contributed by atoms with E-state index >= 15 is 0 Å². The smallest absolute Gasteiger partial charge is 0.264 e. The van der Waals surface area contributed by atoms with Crippen molar-refractivity contribution in [2.24, 2.45) is 0 Å². The average Bonchev–Trinajstić information content (AvgIpc) is 2.86. The lowest BCUT2D eigenvalue weighted by molar-refractivity contribution is -0.120. The van der Waals surface area contributed by atoms with Crippen LogP contribution in [0, 0.1) is 6.92 Å². The molecule has 1 atom stereocenters. The summed E-state index contributed by atoms with van der Waals surface area (Å²) in [5.41, 5.74) is 1.97. The Bertz CT molecular complexity index is 1280. The predicted molar refractivity (Wildman–Crippen MR) is 135 cm³/mol. The van der Waals surface area contributed by atoms with E-state index in [1.54, 1.807) is 37.4 Å². The first-order valence-corrected chi connectivity index (χ1v) is 12.4. The van der Waals surface area contributed by atoms with Crippen molar-refractivity contribution in [2.75, 3.05) is 32.2 Å². The number of methoxy groups -OCH3 is 3. The summed E-state index contributed by atoms with van der Waals surface area (Å²) in [6, 6.07) is 18.1. The van der Waals surface area contributed by atoms with Gasteiger partial charge in [-0.1, -0.05) is 35.9 Å². The van der Waals surface area contributed by atoms with Crippen molar-refractivity contribution >= 4 is 21.6 Å². The lowest BCUT2D eigenvalue weighted by atomic mass is 10.1. The monoisotopic (exact) mass is 498 g/mol. The number of amides is 1. The van der Waals surface area contributed by atoms with Crippen LogP contribution in [0.25, 0.3) is 0 Å². The predicted octanol–water partition coefficient (Wildman–Crippen LogP) is 4.09. The Hall–Kier alpha value is -3.72. The van der Waals surface area contributed by atoms with E-state index in [1.807, 2.05) is 32.0 Å². The number of para-hydroxylation sites is 1. The molecule has 0 aromatic heterocycles. The van der Waals surface area contributed by atoms with Gasteiger partial charge in [-0.25, -0.2) is 8.42 Å². The van der Waals surface area contributed by atoms with E-state index in [9.17, 15) is 13.2 Å². The molecule has 0 aliphatic carbocycles. The number of hydrogen-bond donors (Lipinski definition) is 1. The van der Waals surface area contributed by atoms with Crippen LogP contribution in [-0.4, -0.2) is 42.2 Å². The fraction of sp³-hybridized carbons (Fsp3) is 0.269. The second kappa shape index (κ2) is 11.1. The number of carbonyl (C=O) groups is 1. The number of aryl methyl sites for hydroxylation is 1. The van der Waals surface area contributed by atoms with Crippen LogP contribution >= 0.6 is 0 Å². The minimum absolute atomic E-state index is 0.0726. The molecule has 1 N–H and O–H groups in total. The number of nitrogens with zero attached hydrogens (tertiary/aromatic N) is 1. The van der Waals surface area contributed by atoms with Crippen LogP contribution in [0.4, 0.5) is 5.69 Å². The normalized spacial score (nSPS) is 11.9. The topological polar surface area (TPSA) is 94.2 Å². The number of rotatable bonds is 10. The van der Waals surface area contributed by atoms with Gasteiger partial charge in [-0.2, -0.15) is 0 Å². The quantitative estimate of drug-likeness (QED) is 0.452. The van der Waals surface area contributed by atoms with Gasteiger partial charge in [0.05, 0.1) is 38.0 Å². The zero-order valence-electron chi connectivity index (χ0n) is 20.4. The lowest BCUT2D eigenvalue weighted by Gasteiger charge is -2.26. The highest BCUT2D eigenvalue weighted by Crippen LogP contribution is 2.34. The molecule has 0 aliphatic heterocycles. The average molecular weight is 499 g/mol. The number of benzene rings is 3. The maximum atomic E-state index is 13.6. The van der Waals surface area contributed by atoms with E-state index in [-0.39, 0.29) is 10.6 Å². The van der Waals surface area contributed by atoms with Gasteiger partial charge in [0.25, 0.3) is 10.0 Å². The highest BCUT2D eigenvalue weighted by atomic mass is 32.2. The maximum absolute atomic E-state index is 13.6. The summed E-state index contributed by atoms with van der Waals surface area (Å²) in [5.74, 6) is 0.938. The van der Waals surface area contributed by atoms with Crippen molar-refractivity contribution in [3.05, 3.63) is 77.9 Å². The molecule has 0 spiro atoms. The number of anilines is 1. The Morgan fingerprint density at radius 3 is 2.14 bits per heavy atom. The molecule has 0 radical (unpaired) electrons. The molecule has 0 fully saturated rings. The fourth-order valence-corrected chi connectivity index (χ4v) is 5.06. The molecule has 0 saturated heterocycles. The number of carbonyl (C=O) groups excluding carboxylic acids is 1. The third kappa shape index (κ3) is 5.86. The summed E-state index contributed by atoms with van der Waals surface area (Å²) in [6.45, 7) is 3.24. The minimum Gasteiger partial charge on any atom is -0.496 e. The molecule has 9 heteroatoms. The number of hydrogen-bond acceptors (Lipinski definition) is 6. The van der Waals surface area contributed by atoms with E-state index in [0.29, 0.717) is 17.2 Å². The lowest BCUT2D eigenvalue weighted by Crippen LogP contribution is -2.41. The number of ether oxygens (including phenoxy) is 3. The van der Waals surface area contributed by atoms with Crippen molar-refractivity contribution in [1.82, 2.24) is 5.32 Å². The molecule has 3 rings (SSSR count). The van der Waals surface area contributed by atoms with Gasteiger partial charge in [-0.05, 0) is 44.2 Å². The van der Waals surface area contributed by atoms with Gasteiger partial charge >= 0.3 is 0 Å². The van der Waals surface area contributed by atoms with E-state index in [4.69, 9.17) is 14.2 Å². The molecular weight excluding hydrogens is 468 g/mol. The van der Waals surface area contributed by atoms with E-state index in [0.717, 1.165) is 15.4 Å². The molecule has 0 aliphatic rings. The molecule has 8 nitrogen and oxygen atoms in total. The Morgan fingerprint density at radius 1 is 0.886 bits per heavy atom. The minimum atomic E-state index is -4.07. The molecule has 0 bridgehead atoms. The Morgan fingerprint density at radius 2 is 1.51 bits per heavy atom. The van der Waals surface area contributed by atoms with Gasteiger partial charge in [0.2, 0.25) is 5.91 Å². The van der Waals surface area contributed by atoms with Gasteiger partial charge < -0.3 is 19.5 Å². The largest absolute Gasteiger partial charge is 0.496 e. The molecule has 186 valence electrons. The Labute approximate surface area is 206 Å². The second-order valence-corrected chi connectivity index (χ2v) is 9.76. The summed E-state index contributed by atoms with van der Waals surface area (Å²) >= 11 is 0. The zero-order chi connectivity index (χ0) is 25.6. The standard InChI is InChI=1S/C26H30N2O6S/c1-18-10-13-21(14-11-18)35(30,31)28(20-12-15-24(33-4)25(16-20)34-5)17-26(29)27-19(2)22-8-6-7-9-23(22)32-3/h6-16,19H,17H2,1-5H3,(H,27,29)/t19-/m1/s1. The highest BCUT2D eigenvalue weighted by Gasteiger charge is 2.29. The van der Waals surface area contributed by atoms with Gasteiger partial charge in [-0.15, -0.1) is 0 Å². The van der Waals surface area contributed by atoms with Gasteiger partial charge in [0.15, 0.2) is 11.5 Å². The third-order valence-corrected chi connectivity index (χ3v) is 7.32. The molecule has 3 aromatic carbocycles. The molecule has 0 heterocycles. The highest BCUT2D eigenvalue weighted by molar-refractivity contribution is 7.92. The second-order valence-electron chi connectivity index (χ2n) is 7.90. The van der Waals surface area contributed by atoms with E-state index in [1.165, 1.54) is 32.4 Å². The molecule has 3 aromatic rings. The van der Waals surface area contributed by atoms with E-state index < -0.39 is 28.5 Å². The SMILES string of the molecule is COc1ccc(N(CC(=O)N[C@H](C)c2ccccc2OC)S(=O)(=O)c2ccc(C)cc2)cc1OC. The summed E-state index contributed by atoms with van der Waals surface area (Å²) in [7, 11) is 0.435. The summed E-state index contributed by atoms with van der Waals surface area (Å²) in [5, 5.41) is 2.87. The first-order valence-electron chi connectivity index (χ1n) is 10.9. The summed E-state index contributed by atoms with van der Waals surface area (Å²) in [6.07, 6.45) is 0. The van der Waals surface area contributed by atoms with Crippen LogP contribution in [0.3, 0.4) is 0 Å². The summed E-state index contributed by atoms with van der Waals surface area (Å²) in [4.78, 5) is 13.2. The van der Waals surface area contributed by atoms with Crippen LogP contribution < -0.4 is 23.8 Å². The van der Waals surface area contributed by atoms with Crippen molar-refractivity contribution in [2.45, 2.75) is 24.8 Å². The Balaban J connectivity index is 1.97. The van der Waals surface area contributed by atoms with Crippen LogP contribution in [-0.2, 0) is 14.8 Å². The zero-order valence-corrected chi connectivity index (χ0v) is 21.3. The van der Waals surface area contributed by atoms with Crippen LogP contribution in [0.5, 0.6) is 17.2 Å². The van der Waals surface area contributed by atoms with Crippen LogP contribution in [0.2, 0.25) is 0 Å². The third-order valence-electron chi connectivity index (χ3n) is 5.53. The van der Waals surface area contributed by atoms with E-state index in [2.05, 4.69) is 5.32 Å². The molecule has 0 unspecified atom stereocenters. The number of sulfonamides is 1. The first-order chi connectivity index (χ1) is 16.7. The fourth-order valence-electron chi connectivity index (χ4n) is 3.65. The molecule has 0 saturated carbocycles. The van der Waals surface area contributed by atoms with Crippen molar-refractivity contribution in [3.8, 4) is 17.2 Å². The first kappa shape index (κ1) is 25.9. The van der Waals surface area contributed by atoms with Crippen molar-refractivity contribution < 1.29 is 27.4 Å². The summed E-state index contributed by atoms with van der Waals surface area (Å²) < 4.78 is 44.4. The Kier molecular flexibility index (Phi) is 8.24. The van der Waals surface area contributed by atoms with Gasteiger partial charge in [0, 0.05) is 11.6 Å². The van der Waals surface area contributed by atoms with Crippen LogP contribution in [0.15, 0.2) is 71.6 Å². The van der Waals surface area contributed by atoms with Gasteiger partial charge in [-0.3, -0.25) is 9.10 Å².